The monoisotopic (exact) mass is 341 g/mol. The molecule has 1 atom stereocenters. The lowest BCUT2D eigenvalue weighted by molar-refractivity contribution is -0.135. The van der Waals surface area contributed by atoms with Crippen molar-refractivity contribution in [1.82, 2.24) is 10.2 Å². The van der Waals surface area contributed by atoms with E-state index in [0.717, 1.165) is 5.56 Å². The largest absolute Gasteiger partial charge is 0.378 e. The predicted octanol–water partition coefficient (Wildman–Crippen LogP) is 0.343. The van der Waals surface area contributed by atoms with E-state index in [9.17, 15) is 9.59 Å². The van der Waals surface area contributed by atoms with Gasteiger partial charge in [0.25, 0.3) is 0 Å². The number of carbonyl (C=O) groups excluding carboxylic acids is 2. The first-order chi connectivity index (χ1) is 10.7. The molecular weight excluding hydrogens is 318 g/mol. The molecule has 1 aromatic carbocycles. The number of nitrogens with two attached hydrogens (primary N) is 1. The fourth-order valence-electron chi connectivity index (χ4n) is 2.36. The van der Waals surface area contributed by atoms with Crippen LogP contribution in [0.5, 0.6) is 0 Å². The van der Waals surface area contributed by atoms with E-state index in [-0.39, 0.29) is 24.2 Å². The number of amides is 2. The summed E-state index contributed by atoms with van der Waals surface area (Å²) in [5.74, 6) is -0.182. The first-order valence-corrected chi connectivity index (χ1v) is 7.59. The molecule has 0 radical (unpaired) electrons. The number of rotatable bonds is 6. The van der Waals surface area contributed by atoms with Crippen molar-refractivity contribution in [3.8, 4) is 0 Å². The van der Waals surface area contributed by atoms with Crippen molar-refractivity contribution in [2.75, 3.05) is 32.8 Å². The van der Waals surface area contributed by atoms with E-state index in [1.807, 2.05) is 30.3 Å². The van der Waals surface area contributed by atoms with Crippen LogP contribution < -0.4 is 11.1 Å². The number of ether oxygens (including phenoxy) is 1. The van der Waals surface area contributed by atoms with Crippen molar-refractivity contribution in [1.29, 1.82) is 0 Å². The molecule has 0 aromatic heterocycles. The predicted molar refractivity (Wildman–Crippen MR) is 90.4 cm³/mol. The van der Waals surface area contributed by atoms with Crippen LogP contribution in [0, 0.1) is 0 Å². The maximum atomic E-state index is 11.9. The molecule has 1 fully saturated rings. The van der Waals surface area contributed by atoms with Gasteiger partial charge < -0.3 is 20.7 Å². The van der Waals surface area contributed by atoms with Gasteiger partial charge in [-0.25, -0.2) is 0 Å². The Morgan fingerprint density at radius 1 is 1.22 bits per heavy atom. The number of carbonyl (C=O) groups is 2. The van der Waals surface area contributed by atoms with Gasteiger partial charge in [-0.1, -0.05) is 30.3 Å². The zero-order chi connectivity index (χ0) is 15.8. The minimum atomic E-state index is -0.596. The molecule has 7 heteroatoms. The van der Waals surface area contributed by atoms with Crippen LogP contribution >= 0.6 is 12.4 Å². The number of nitrogens with zero attached hydrogens (tertiary/aromatic N) is 1. The van der Waals surface area contributed by atoms with E-state index < -0.39 is 6.04 Å². The summed E-state index contributed by atoms with van der Waals surface area (Å²) in [6.45, 7) is 2.73. The van der Waals surface area contributed by atoms with Crippen LogP contribution in [0.4, 0.5) is 0 Å². The molecule has 1 unspecified atom stereocenters. The number of halogens is 1. The minimum Gasteiger partial charge on any atom is -0.378 e. The van der Waals surface area contributed by atoms with Crippen molar-refractivity contribution in [3.05, 3.63) is 35.9 Å². The third-order valence-electron chi connectivity index (χ3n) is 3.64. The Hall–Kier alpha value is -1.63. The highest BCUT2D eigenvalue weighted by Crippen LogP contribution is 2.02. The standard InChI is InChI=1S/C16H23N3O3.ClH/c17-14(12-13-4-2-1-3-5-13)16(21)18-7-6-15(20)19-8-10-22-11-9-19;/h1-5,14H,6-12,17H2,(H,18,21);1H. The quantitative estimate of drug-likeness (QED) is 0.781. The van der Waals surface area contributed by atoms with Crippen molar-refractivity contribution in [2.24, 2.45) is 5.73 Å². The van der Waals surface area contributed by atoms with Crippen LogP contribution in [0.3, 0.4) is 0 Å². The maximum Gasteiger partial charge on any atom is 0.237 e. The maximum absolute atomic E-state index is 11.9. The second kappa shape index (κ2) is 10.2. The van der Waals surface area contributed by atoms with Gasteiger partial charge in [-0.05, 0) is 12.0 Å². The average molecular weight is 342 g/mol. The highest BCUT2D eigenvalue weighted by atomic mass is 35.5. The van der Waals surface area contributed by atoms with Crippen LogP contribution in [0.1, 0.15) is 12.0 Å². The topological polar surface area (TPSA) is 84.7 Å². The summed E-state index contributed by atoms with van der Waals surface area (Å²) in [5, 5.41) is 2.73. The van der Waals surface area contributed by atoms with Crippen LogP contribution in [-0.2, 0) is 20.7 Å². The van der Waals surface area contributed by atoms with E-state index in [0.29, 0.717) is 45.7 Å². The second-order valence-corrected chi connectivity index (χ2v) is 5.33. The Balaban J connectivity index is 0.00000264. The van der Waals surface area contributed by atoms with Crippen LogP contribution in [0.25, 0.3) is 0 Å². The molecule has 6 nitrogen and oxygen atoms in total. The molecular formula is C16H24ClN3O3. The lowest BCUT2D eigenvalue weighted by Gasteiger charge is -2.26. The number of hydrogen-bond donors (Lipinski definition) is 2. The SMILES string of the molecule is Cl.NC(Cc1ccccc1)C(=O)NCCC(=O)N1CCOCC1. The molecule has 0 aliphatic carbocycles. The molecule has 2 amide bonds. The lowest BCUT2D eigenvalue weighted by Crippen LogP contribution is -2.45. The molecule has 0 bridgehead atoms. The highest BCUT2D eigenvalue weighted by Gasteiger charge is 2.18. The number of hydrogen-bond acceptors (Lipinski definition) is 4. The smallest absolute Gasteiger partial charge is 0.237 e. The molecule has 0 saturated carbocycles. The van der Waals surface area contributed by atoms with Crippen molar-refractivity contribution >= 4 is 24.2 Å². The molecule has 1 aromatic rings. The van der Waals surface area contributed by atoms with Gasteiger partial charge in [0.2, 0.25) is 11.8 Å². The molecule has 0 spiro atoms. The van der Waals surface area contributed by atoms with Gasteiger partial charge in [0.05, 0.1) is 19.3 Å². The summed E-state index contributed by atoms with van der Waals surface area (Å²) in [6.07, 6.45) is 0.786. The molecule has 2 rings (SSSR count). The Morgan fingerprint density at radius 2 is 1.87 bits per heavy atom. The van der Waals surface area contributed by atoms with Gasteiger partial charge in [-0.3, -0.25) is 9.59 Å². The van der Waals surface area contributed by atoms with Gasteiger partial charge in [0.1, 0.15) is 0 Å². The Labute approximate surface area is 142 Å². The van der Waals surface area contributed by atoms with Gasteiger partial charge in [0, 0.05) is 26.1 Å². The summed E-state index contributed by atoms with van der Waals surface area (Å²) < 4.78 is 5.20. The van der Waals surface area contributed by atoms with Crippen LogP contribution in [0.15, 0.2) is 30.3 Å². The second-order valence-electron chi connectivity index (χ2n) is 5.33. The average Bonchev–Trinajstić information content (AvgIpc) is 2.56. The molecule has 1 aliphatic rings. The first kappa shape index (κ1) is 19.4. The number of morpholine rings is 1. The van der Waals surface area contributed by atoms with E-state index in [1.165, 1.54) is 0 Å². The van der Waals surface area contributed by atoms with Crippen molar-refractivity contribution < 1.29 is 14.3 Å². The Morgan fingerprint density at radius 3 is 2.52 bits per heavy atom. The van der Waals surface area contributed by atoms with E-state index >= 15 is 0 Å². The van der Waals surface area contributed by atoms with Crippen molar-refractivity contribution in [2.45, 2.75) is 18.9 Å². The summed E-state index contributed by atoms with van der Waals surface area (Å²) in [7, 11) is 0. The van der Waals surface area contributed by atoms with E-state index in [1.54, 1.807) is 4.90 Å². The molecule has 1 heterocycles. The molecule has 1 aliphatic heterocycles. The normalized spacial score (nSPS) is 15.4. The Kier molecular flexibility index (Phi) is 8.61. The number of nitrogens with one attached hydrogen (secondary N) is 1. The zero-order valence-electron chi connectivity index (χ0n) is 13.1. The Bertz CT molecular complexity index is 493. The molecule has 3 N–H and O–H groups in total. The van der Waals surface area contributed by atoms with Crippen LogP contribution in [-0.4, -0.2) is 55.6 Å². The van der Waals surface area contributed by atoms with Crippen LogP contribution in [0.2, 0.25) is 0 Å². The third-order valence-corrected chi connectivity index (χ3v) is 3.64. The van der Waals surface area contributed by atoms with E-state index in [4.69, 9.17) is 10.5 Å². The number of benzene rings is 1. The van der Waals surface area contributed by atoms with Crippen molar-refractivity contribution in [3.63, 3.8) is 0 Å². The van der Waals surface area contributed by atoms with Gasteiger partial charge >= 0.3 is 0 Å². The summed E-state index contributed by atoms with van der Waals surface area (Å²) >= 11 is 0. The lowest BCUT2D eigenvalue weighted by atomic mass is 10.1. The fraction of sp³-hybridized carbons (Fsp3) is 0.500. The third kappa shape index (κ3) is 6.56. The summed E-state index contributed by atoms with van der Waals surface area (Å²) in [5.41, 5.74) is 6.91. The van der Waals surface area contributed by atoms with Gasteiger partial charge in [-0.15, -0.1) is 12.4 Å². The summed E-state index contributed by atoms with van der Waals surface area (Å²) in [4.78, 5) is 25.6. The molecule has 128 valence electrons. The summed E-state index contributed by atoms with van der Waals surface area (Å²) in [6, 6.07) is 9.04. The van der Waals surface area contributed by atoms with Gasteiger partial charge in [-0.2, -0.15) is 0 Å². The van der Waals surface area contributed by atoms with E-state index in [2.05, 4.69) is 5.32 Å². The fourth-order valence-corrected chi connectivity index (χ4v) is 2.36. The minimum absolute atomic E-state index is 0. The molecule has 23 heavy (non-hydrogen) atoms. The zero-order valence-corrected chi connectivity index (χ0v) is 13.9. The first-order valence-electron chi connectivity index (χ1n) is 7.59. The van der Waals surface area contributed by atoms with Gasteiger partial charge in [0.15, 0.2) is 0 Å². The highest BCUT2D eigenvalue weighted by molar-refractivity contribution is 5.85. The molecule has 1 saturated heterocycles.